The third-order valence-electron chi connectivity index (χ3n) is 2.83. The highest BCUT2D eigenvalue weighted by Crippen LogP contribution is 2.33. The molecule has 0 aliphatic carbocycles. The molecule has 1 fully saturated rings. The monoisotopic (exact) mass is 341 g/mol. The van der Waals surface area contributed by atoms with Crippen LogP contribution in [0.1, 0.15) is 12.0 Å². The number of nitrogens with zero attached hydrogens (tertiary/aromatic N) is 1. The highest BCUT2D eigenvalue weighted by Gasteiger charge is 2.32. The van der Waals surface area contributed by atoms with Crippen molar-refractivity contribution in [3.63, 3.8) is 0 Å². The molecule has 7 heteroatoms. The Morgan fingerprint density at radius 2 is 2.19 bits per heavy atom. The van der Waals surface area contributed by atoms with E-state index < -0.39 is 0 Å². The number of halogens is 1. The summed E-state index contributed by atoms with van der Waals surface area (Å²) < 4.78 is 4.99. The molecule has 110 valence electrons. The van der Waals surface area contributed by atoms with Crippen LogP contribution in [0.4, 0.5) is 0 Å². The molecule has 0 atom stereocenters. The van der Waals surface area contributed by atoms with E-state index in [2.05, 4.69) is 4.74 Å². The number of carbonyl (C=O) groups excluding carboxylic acids is 2. The van der Waals surface area contributed by atoms with Gasteiger partial charge in [-0.15, -0.1) is 0 Å². The Balaban J connectivity index is 2.14. The van der Waals surface area contributed by atoms with Gasteiger partial charge < -0.3 is 4.74 Å². The summed E-state index contributed by atoms with van der Waals surface area (Å²) in [6.45, 7) is 0.219. The summed E-state index contributed by atoms with van der Waals surface area (Å²) in [4.78, 5) is 25.3. The number of rotatable bonds is 4. The van der Waals surface area contributed by atoms with Crippen molar-refractivity contribution in [2.45, 2.75) is 6.42 Å². The van der Waals surface area contributed by atoms with Gasteiger partial charge in [-0.05, 0) is 17.7 Å². The Kier molecular flexibility index (Phi) is 5.39. The van der Waals surface area contributed by atoms with Crippen LogP contribution < -0.4 is 0 Å². The van der Waals surface area contributed by atoms with Gasteiger partial charge in [-0.3, -0.25) is 14.5 Å². The molecule has 1 heterocycles. The molecule has 1 saturated heterocycles. The molecule has 1 aliphatic rings. The first-order chi connectivity index (χ1) is 10.0. The lowest BCUT2D eigenvalue weighted by Gasteiger charge is -2.12. The van der Waals surface area contributed by atoms with Crippen molar-refractivity contribution in [1.29, 1.82) is 0 Å². The summed E-state index contributed by atoms with van der Waals surface area (Å²) >= 11 is 12.4. The average molecular weight is 342 g/mol. The van der Waals surface area contributed by atoms with E-state index in [1.165, 1.54) is 23.8 Å². The molecule has 0 N–H and O–H groups in total. The summed E-state index contributed by atoms with van der Waals surface area (Å²) in [5.41, 5.74) is 0.757. The maximum Gasteiger partial charge on any atom is 0.307 e. The SMILES string of the molecule is COC(=O)CCN1C(=O)C(=Cc2ccccc2Cl)SC1=S. The van der Waals surface area contributed by atoms with E-state index in [1.807, 2.05) is 18.2 Å². The van der Waals surface area contributed by atoms with E-state index in [-0.39, 0.29) is 24.8 Å². The van der Waals surface area contributed by atoms with Gasteiger partial charge in [-0.2, -0.15) is 0 Å². The smallest absolute Gasteiger partial charge is 0.307 e. The maximum atomic E-state index is 12.3. The largest absolute Gasteiger partial charge is 0.469 e. The van der Waals surface area contributed by atoms with Gasteiger partial charge in [0.25, 0.3) is 5.91 Å². The van der Waals surface area contributed by atoms with E-state index >= 15 is 0 Å². The predicted octanol–water partition coefficient (Wildman–Crippen LogP) is 3.10. The van der Waals surface area contributed by atoms with Crippen LogP contribution in [0.3, 0.4) is 0 Å². The van der Waals surface area contributed by atoms with Crippen LogP contribution in [0.5, 0.6) is 0 Å². The Morgan fingerprint density at radius 3 is 2.86 bits per heavy atom. The molecular formula is C14H12ClNO3S2. The zero-order valence-electron chi connectivity index (χ0n) is 11.2. The second kappa shape index (κ2) is 7.06. The van der Waals surface area contributed by atoms with Gasteiger partial charge in [-0.25, -0.2) is 0 Å². The van der Waals surface area contributed by atoms with Crippen molar-refractivity contribution < 1.29 is 14.3 Å². The second-order valence-electron chi connectivity index (χ2n) is 4.18. The lowest BCUT2D eigenvalue weighted by atomic mass is 10.2. The molecule has 0 radical (unpaired) electrons. The molecule has 0 bridgehead atoms. The molecule has 1 aromatic carbocycles. The van der Waals surface area contributed by atoms with Gasteiger partial charge in [0.05, 0.1) is 18.4 Å². The molecular weight excluding hydrogens is 330 g/mol. The number of hydrogen-bond acceptors (Lipinski definition) is 5. The van der Waals surface area contributed by atoms with E-state index in [1.54, 1.807) is 12.1 Å². The first kappa shape index (κ1) is 16.0. The Bertz CT molecular complexity index is 630. The summed E-state index contributed by atoms with van der Waals surface area (Å²) in [6, 6.07) is 7.24. The van der Waals surface area contributed by atoms with Crippen LogP contribution in [0.15, 0.2) is 29.2 Å². The van der Waals surface area contributed by atoms with Crippen molar-refractivity contribution in [3.05, 3.63) is 39.8 Å². The zero-order chi connectivity index (χ0) is 15.4. The highest BCUT2D eigenvalue weighted by atomic mass is 35.5. The molecule has 1 aromatic rings. The molecule has 21 heavy (non-hydrogen) atoms. The minimum Gasteiger partial charge on any atom is -0.469 e. The standard InChI is InChI=1S/C14H12ClNO3S2/c1-19-12(17)6-7-16-13(18)11(21-14(16)20)8-9-4-2-3-5-10(9)15/h2-5,8H,6-7H2,1H3. The number of ether oxygens (including phenoxy) is 1. The number of amides is 1. The van der Waals surface area contributed by atoms with Gasteiger partial charge in [0.2, 0.25) is 0 Å². The number of carbonyl (C=O) groups is 2. The Labute approximate surface area is 137 Å². The molecule has 4 nitrogen and oxygen atoms in total. The third kappa shape index (κ3) is 3.84. The lowest BCUT2D eigenvalue weighted by molar-refractivity contribution is -0.140. The zero-order valence-corrected chi connectivity index (χ0v) is 13.6. The van der Waals surface area contributed by atoms with Crippen LogP contribution in [0.25, 0.3) is 6.08 Å². The highest BCUT2D eigenvalue weighted by molar-refractivity contribution is 8.26. The normalized spacial score (nSPS) is 16.7. The quantitative estimate of drug-likeness (QED) is 0.478. The van der Waals surface area contributed by atoms with Crippen LogP contribution in [-0.2, 0) is 14.3 Å². The van der Waals surface area contributed by atoms with E-state index in [0.29, 0.717) is 14.2 Å². The van der Waals surface area contributed by atoms with Crippen molar-refractivity contribution in [2.75, 3.05) is 13.7 Å². The molecule has 0 saturated carbocycles. The van der Waals surface area contributed by atoms with Gasteiger partial charge in [0.1, 0.15) is 4.32 Å². The van der Waals surface area contributed by atoms with Gasteiger partial charge in [0.15, 0.2) is 0 Å². The minimum atomic E-state index is -0.376. The molecule has 2 rings (SSSR count). The first-order valence-electron chi connectivity index (χ1n) is 6.09. The number of hydrogen-bond donors (Lipinski definition) is 0. The van der Waals surface area contributed by atoms with Gasteiger partial charge in [0, 0.05) is 11.6 Å². The van der Waals surface area contributed by atoms with Gasteiger partial charge in [-0.1, -0.05) is 53.8 Å². The van der Waals surface area contributed by atoms with Crippen molar-refractivity contribution >= 4 is 57.9 Å². The van der Waals surface area contributed by atoms with E-state index in [4.69, 9.17) is 23.8 Å². The fourth-order valence-electron chi connectivity index (χ4n) is 1.73. The van der Waals surface area contributed by atoms with Crippen molar-refractivity contribution in [2.24, 2.45) is 0 Å². The molecule has 0 unspecified atom stereocenters. The molecule has 1 amide bonds. The molecule has 1 aliphatic heterocycles. The van der Waals surface area contributed by atoms with Crippen LogP contribution in [-0.4, -0.2) is 34.8 Å². The number of methoxy groups -OCH3 is 1. The predicted molar refractivity (Wildman–Crippen MR) is 88.0 cm³/mol. The van der Waals surface area contributed by atoms with Crippen molar-refractivity contribution in [1.82, 2.24) is 4.90 Å². The summed E-state index contributed by atoms with van der Waals surface area (Å²) in [7, 11) is 1.31. The van der Waals surface area contributed by atoms with Gasteiger partial charge >= 0.3 is 5.97 Å². The van der Waals surface area contributed by atoms with Crippen LogP contribution >= 0.6 is 35.6 Å². The van der Waals surface area contributed by atoms with E-state index in [9.17, 15) is 9.59 Å². The van der Waals surface area contributed by atoms with Crippen molar-refractivity contribution in [3.8, 4) is 0 Å². The Hall–Kier alpha value is -1.37. The summed E-state index contributed by atoms with van der Waals surface area (Å²) in [5.74, 6) is -0.590. The Morgan fingerprint density at radius 1 is 1.48 bits per heavy atom. The molecule has 0 spiro atoms. The minimum absolute atomic E-state index is 0.113. The third-order valence-corrected chi connectivity index (χ3v) is 4.55. The number of thioether (sulfide) groups is 1. The van der Waals surface area contributed by atoms with E-state index in [0.717, 1.165) is 5.56 Å². The maximum absolute atomic E-state index is 12.3. The van der Waals surface area contributed by atoms with Crippen LogP contribution in [0, 0.1) is 0 Å². The number of thiocarbonyl (C=S) groups is 1. The average Bonchev–Trinajstić information content (AvgIpc) is 2.73. The number of esters is 1. The second-order valence-corrected chi connectivity index (χ2v) is 6.26. The lowest BCUT2D eigenvalue weighted by Crippen LogP contribution is -2.30. The fraction of sp³-hybridized carbons (Fsp3) is 0.214. The first-order valence-corrected chi connectivity index (χ1v) is 7.70. The topological polar surface area (TPSA) is 46.6 Å². The molecule has 0 aromatic heterocycles. The summed E-state index contributed by atoms with van der Waals surface area (Å²) in [5, 5.41) is 0.567. The summed E-state index contributed by atoms with van der Waals surface area (Å²) in [6.07, 6.45) is 1.82. The van der Waals surface area contributed by atoms with Crippen LogP contribution in [0.2, 0.25) is 5.02 Å². The number of benzene rings is 1. The fourth-order valence-corrected chi connectivity index (χ4v) is 3.22.